The molecule has 0 bridgehead atoms. The number of hydrogen-bond donors (Lipinski definition) is 0. The van der Waals surface area contributed by atoms with E-state index in [9.17, 15) is 0 Å². The lowest BCUT2D eigenvalue weighted by Gasteiger charge is -2.25. The van der Waals surface area contributed by atoms with Crippen molar-refractivity contribution < 1.29 is 13.6 Å². The highest BCUT2D eigenvalue weighted by Crippen LogP contribution is 2.54. The lowest BCUT2D eigenvalue weighted by atomic mass is 9.82. The van der Waals surface area contributed by atoms with Crippen molar-refractivity contribution in [1.82, 2.24) is 4.57 Å². The molecule has 4 nitrogen and oxygen atoms in total. The van der Waals surface area contributed by atoms with Gasteiger partial charge in [-0.15, -0.1) is 9.13 Å². The zero-order chi connectivity index (χ0) is 44.6. The fourth-order valence-corrected chi connectivity index (χ4v) is 13.0. The van der Waals surface area contributed by atoms with Crippen molar-refractivity contribution in [3.05, 3.63) is 192 Å². The maximum absolute atomic E-state index is 7.24. The van der Waals surface area contributed by atoms with E-state index in [1.165, 1.54) is 61.0 Å². The molecule has 2 aliphatic rings. The minimum absolute atomic E-state index is 0.0766. The molecule has 5 heteroatoms. The molecule has 7 aromatic carbocycles. The van der Waals surface area contributed by atoms with E-state index in [0.29, 0.717) is 5.92 Å². The maximum atomic E-state index is 7.24. The summed E-state index contributed by atoms with van der Waals surface area (Å²) in [6.45, 7) is 19.3. The Labute approximate surface area is 383 Å². The Morgan fingerprint density at radius 1 is 0.646 bits per heavy atom. The van der Waals surface area contributed by atoms with Crippen LogP contribution in [0.5, 0.6) is 0 Å². The number of hydrogen-bond acceptors (Lipinski definition) is 1. The molecule has 3 aromatic heterocycles. The standard InChI is InChI=1S/C60H55N3OSi/c1-38(2)34-41-35-52-47-31-30-42(59(3,4)5)36-49(47)60(61(52)37-54(41)65(6,7)8)48-33-32-46-45-24-15-18-29-53(45)64-57(46)55(48)58-62(50-27-16-17-28-51(50)63(58)60)56-43(39-20-11-9-12-21-39)25-19-26-44(56)40-22-13-10-14-23-40/h9-33,35-38H,34H2,1-8H3/q+2. The first-order valence-electron chi connectivity index (χ1n) is 23.4. The van der Waals surface area contributed by atoms with Crippen LogP contribution in [-0.2, 0) is 17.5 Å². The molecular formula is C60H55N3OSi+2. The summed E-state index contributed by atoms with van der Waals surface area (Å²) in [6.07, 6.45) is 3.65. The van der Waals surface area contributed by atoms with E-state index in [2.05, 4.69) is 238 Å². The van der Waals surface area contributed by atoms with Crippen molar-refractivity contribution in [3.63, 3.8) is 0 Å². The van der Waals surface area contributed by atoms with Gasteiger partial charge in [0.25, 0.3) is 0 Å². The van der Waals surface area contributed by atoms with Gasteiger partial charge >= 0.3 is 11.5 Å². The first-order chi connectivity index (χ1) is 31.4. The van der Waals surface area contributed by atoms with Crippen LogP contribution in [0.15, 0.2) is 174 Å². The maximum Gasteiger partial charge on any atom is 0.364 e. The molecule has 1 unspecified atom stereocenters. The molecule has 10 aromatic rings. The Kier molecular flexibility index (Phi) is 8.61. The highest BCUT2D eigenvalue weighted by Gasteiger charge is 2.67. The third-order valence-electron chi connectivity index (χ3n) is 14.2. The zero-order valence-electron chi connectivity index (χ0n) is 38.7. The molecular weight excluding hydrogens is 807 g/mol. The second-order valence-electron chi connectivity index (χ2n) is 20.9. The molecule has 5 heterocycles. The van der Waals surface area contributed by atoms with Crippen LogP contribution in [0.25, 0.3) is 83.6 Å². The summed E-state index contributed by atoms with van der Waals surface area (Å²) in [4.78, 5) is 0. The van der Waals surface area contributed by atoms with Gasteiger partial charge in [-0.05, 0) is 82.5 Å². The number of imidazole rings is 1. The Morgan fingerprint density at radius 3 is 1.98 bits per heavy atom. The van der Waals surface area contributed by atoms with Gasteiger partial charge in [0.2, 0.25) is 5.69 Å². The van der Waals surface area contributed by atoms with Gasteiger partial charge in [0, 0.05) is 33.2 Å². The molecule has 0 saturated heterocycles. The van der Waals surface area contributed by atoms with Crippen LogP contribution in [0.3, 0.4) is 0 Å². The molecule has 0 aliphatic carbocycles. The van der Waals surface area contributed by atoms with Gasteiger partial charge in [0.1, 0.15) is 16.8 Å². The van der Waals surface area contributed by atoms with Crippen LogP contribution in [0, 0.1) is 5.92 Å². The molecule has 0 amide bonds. The number of nitrogens with zero attached hydrogens (tertiary/aromatic N) is 3. The summed E-state index contributed by atoms with van der Waals surface area (Å²) in [5, 5.41) is 3.77. The second-order valence-corrected chi connectivity index (χ2v) is 25.9. The van der Waals surface area contributed by atoms with Crippen molar-refractivity contribution in [2.75, 3.05) is 0 Å². The van der Waals surface area contributed by atoms with Gasteiger partial charge in [-0.25, -0.2) is 0 Å². The number of furan rings is 1. The van der Waals surface area contributed by atoms with Gasteiger partial charge in [0.15, 0.2) is 22.8 Å². The van der Waals surface area contributed by atoms with Crippen molar-refractivity contribution >= 4 is 46.2 Å². The molecule has 12 rings (SSSR count). The summed E-state index contributed by atoms with van der Waals surface area (Å²) >= 11 is 0. The van der Waals surface area contributed by atoms with E-state index in [1.54, 1.807) is 0 Å². The van der Waals surface area contributed by atoms with E-state index < -0.39 is 13.7 Å². The predicted octanol–water partition coefficient (Wildman–Crippen LogP) is 13.7. The van der Waals surface area contributed by atoms with Gasteiger partial charge in [-0.2, -0.15) is 4.57 Å². The largest absolute Gasteiger partial charge is 0.455 e. The third-order valence-corrected chi connectivity index (χ3v) is 16.2. The number of fused-ring (bicyclic) bond motifs is 16. The van der Waals surface area contributed by atoms with Crippen molar-refractivity contribution in [2.45, 2.75) is 71.8 Å². The number of rotatable bonds is 6. The predicted molar refractivity (Wildman–Crippen MR) is 271 cm³/mol. The molecule has 65 heavy (non-hydrogen) atoms. The fraction of sp³-hybridized carbons (Fsp3) is 0.200. The van der Waals surface area contributed by atoms with Gasteiger partial charge in [-0.1, -0.05) is 170 Å². The van der Waals surface area contributed by atoms with Crippen LogP contribution >= 0.6 is 0 Å². The SMILES string of the molecule is CC(C)Cc1cc2[n+](cc1[Si](C)(C)C)C1(c3cc(C(C)(C)C)ccc3-2)c2ccc3c(oc4ccccc43)c2-c2n(-c3c(-c4ccccc4)cccc3-c3ccccc3)c3ccccc3[n+]21. The molecule has 318 valence electrons. The van der Waals surface area contributed by atoms with Crippen LogP contribution < -0.4 is 14.3 Å². The highest BCUT2D eigenvalue weighted by atomic mass is 28.3. The fourth-order valence-electron chi connectivity index (χ4n) is 11.4. The zero-order valence-corrected chi connectivity index (χ0v) is 39.7. The minimum atomic E-state index is -1.89. The first kappa shape index (κ1) is 39.7. The van der Waals surface area contributed by atoms with E-state index in [0.717, 1.165) is 56.5 Å². The van der Waals surface area contributed by atoms with Crippen LogP contribution in [0.2, 0.25) is 19.6 Å². The molecule has 2 aliphatic heterocycles. The normalized spacial score (nSPS) is 15.3. The summed E-state index contributed by atoms with van der Waals surface area (Å²) in [7, 11) is -1.89. The van der Waals surface area contributed by atoms with E-state index in [4.69, 9.17) is 4.42 Å². The summed E-state index contributed by atoms with van der Waals surface area (Å²) in [5.74, 6) is 1.64. The van der Waals surface area contributed by atoms with Crippen molar-refractivity contribution in [1.29, 1.82) is 0 Å². The van der Waals surface area contributed by atoms with Gasteiger partial charge < -0.3 is 4.42 Å². The Balaban J connectivity index is 1.34. The molecule has 0 saturated carbocycles. The number of para-hydroxylation sites is 4. The Morgan fingerprint density at radius 2 is 1.31 bits per heavy atom. The topological polar surface area (TPSA) is 25.8 Å². The van der Waals surface area contributed by atoms with Crippen LogP contribution in [0.4, 0.5) is 0 Å². The van der Waals surface area contributed by atoms with Crippen molar-refractivity contribution in [3.8, 4) is 50.6 Å². The van der Waals surface area contributed by atoms with Crippen LogP contribution in [-0.4, -0.2) is 12.6 Å². The van der Waals surface area contributed by atoms with Gasteiger partial charge in [0.05, 0.1) is 24.8 Å². The highest BCUT2D eigenvalue weighted by molar-refractivity contribution is 6.89. The van der Waals surface area contributed by atoms with Crippen molar-refractivity contribution in [2.24, 2.45) is 5.92 Å². The molecule has 0 radical (unpaired) electrons. The number of pyridine rings is 1. The summed E-state index contributed by atoms with van der Waals surface area (Å²) in [6, 6.07) is 61.1. The van der Waals surface area contributed by atoms with E-state index in [-0.39, 0.29) is 5.41 Å². The number of benzene rings is 7. The molecule has 1 spiro atoms. The number of aromatic nitrogens is 3. The Hall–Kier alpha value is -6.82. The first-order valence-corrected chi connectivity index (χ1v) is 26.9. The van der Waals surface area contributed by atoms with Crippen LogP contribution in [0.1, 0.15) is 56.9 Å². The van der Waals surface area contributed by atoms with E-state index >= 15 is 0 Å². The molecule has 0 fully saturated rings. The molecule has 1 atom stereocenters. The second kappa shape index (κ2) is 14.1. The smallest absolute Gasteiger partial charge is 0.364 e. The quantitative estimate of drug-likeness (QED) is 0.121. The average molecular weight is 862 g/mol. The summed E-state index contributed by atoms with van der Waals surface area (Å²) < 4.78 is 15.2. The van der Waals surface area contributed by atoms with E-state index in [1.807, 2.05) is 0 Å². The third kappa shape index (κ3) is 5.67. The Bertz CT molecular complexity index is 3510. The lowest BCUT2D eigenvalue weighted by Crippen LogP contribution is -2.72. The molecule has 0 N–H and O–H groups in total. The lowest BCUT2D eigenvalue weighted by molar-refractivity contribution is -0.944. The average Bonchev–Trinajstić information content (AvgIpc) is 4.01. The summed E-state index contributed by atoms with van der Waals surface area (Å²) in [5.41, 5.74) is 18.1. The monoisotopic (exact) mass is 861 g/mol. The minimum Gasteiger partial charge on any atom is -0.455 e. The van der Waals surface area contributed by atoms with Gasteiger partial charge in [-0.3, -0.25) is 0 Å².